The van der Waals surface area contributed by atoms with Crippen molar-refractivity contribution >= 4 is 9.84 Å². The van der Waals surface area contributed by atoms with Gasteiger partial charge in [-0.05, 0) is 30.9 Å². The molecule has 0 spiro atoms. The molecule has 0 aliphatic heterocycles. The van der Waals surface area contributed by atoms with Crippen molar-refractivity contribution in [3.63, 3.8) is 0 Å². The molecule has 0 aliphatic carbocycles. The highest BCUT2D eigenvalue weighted by Gasteiger charge is 2.14. The lowest BCUT2D eigenvalue weighted by molar-refractivity contribution is 0.197. The third-order valence-electron chi connectivity index (χ3n) is 3.56. The minimum absolute atomic E-state index is 0.224. The van der Waals surface area contributed by atoms with Crippen LogP contribution in [-0.2, 0) is 21.0 Å². The second-order valence-corrected chi connectivity index (χ2v) is 7.75. The van der Waals surface area contributed by atoms with Gasteiger partial charge >= 0.3 is 0 Å². The molecule has 4 nitrogen and oxygen atoms in total. The Kier molecular flexibility index (Phi) is 8.57. The minimum Gasteiger partial charge on any atom is -0.383 e. The summed E-state index contributed by atoms with van der Waals surface area (Å²) in [6, 6.07) is 10.2. The number of sulfone groups is 1. The molecular weight excluding hydrogens is 286 g/mol. The first-order chi connectivity index (χ1) is 10.1. The van der Waals surface area contributed by atoms with E-state index >= 15 is 0 Å². The molecular formula is C16H27NO3S. The second-order valence-electron chi connectivity index (χ2n) is 5.28. The maximum Gasteiger partial charge on any atom is 0.150 e. The highest BCUT2D eigenvalue weighted by Crippen LogP contribution is 2.13. The van der Waals surface area contributed by atoms with Crippen molar-refractivity contribution in [1.82, 2.24) is 5.32 Å². The predicted octanol–water partition coefficient (Wildman–Crippen LogP) is 1.91. The molecule has 1 rings (SSSR count). The van der Waals surface area contributed by atoms with E-state index in [9.17, 15) is 8.42 Å². The van der Waals surface area contributed by atoms with E-state index < -0.39 is 9.84 Å². The zero-order valence-electron chi connectivity index (χ0n) is 13.0. The first-order valence-electron chi connectivity index (χ1n) is 7.51. The average molecular weight is 313 g/mol. The lowest BCUT2D eigenvalue weighted by atomic mass is 9.97. The molecule has 120 valence electrons. The number of benzene rings is 1. The van der Waals surface area contributed by atoms with Gasteiger partial charge in [-0.3, -0.25) is 0 Å². The lowest BCUT2D eigenvalue weighted by Gasteiger charge is -2.18. The molecule has 0 aliphatic rings. The number of hydrogen-bond acceptors (Lipinski definition) is 4. The van der Waals surface area contributed by atoms with Crippen LogP contribution in [0.1, 0.15) is 18.9 Å². The zero-order valence-corrected chi connectivity index (χ0v) is 13.9. The Balaban J connectivity index is 2.52. The summed E-state index contributed by atoms with van der Waals surface area (Å²) in [6.07, 6.45) is 1.60. The second kappa shape index (κ2) is 9.92. The third-order valence-corrected chi connectivity index (χ3v) is 5.30. The van der Waals surface area contributed by atoms with Crippen LogP contribution in [-0.4, -0.2) is 46.7 Å². The van der Waals surface area contributed by atoms with Crippen LogP contribution in [0.2, 0.25) is 0 Å². The molecule has 0 saturated carbocycles. The van der Waals surface area contributed by atoms with Crippen molar-refractivity contribution in [2.75, 3.05) is 38.3 Å². The standard InChI is InChI=1S/C16H27NO3S/c1-3-21(18,19)12-9-16(14-17-10-11-20-2)13-15-7-5-4-6-8-15/h4-8,16-17H,3,9-14H2,1-2H3. The zero-order chi connectivity index (χ0) is 15.6. The number of hydrogen-bond donors (Lipinski definition) is 1. The van der Waals surface area contributed by atoms with Crippen molar-refractivity contribution in [3.8, 4) is 0 Å². The Bertz CT molecular complexity index is 474. The first-order valence-corrected chi connectivity index (χ1v) is 9.33. The van der Waals surface area contributed by atoms with Gasteiger partial charge in [-0.15, -0.1) is 0 Å². The molecule has 1 atom stereocenters. The van der Waals surface area contributed by atoms with Crippen molar-refractivity contribution in [1.29, 1.82) is 0 Å². The van der Waals surface area contributed by atoms with Gasteiger partial charge in [-0.25, -0.2) is 8.42 Å². The number of ether oxygens (including phenoxy) is 1. The topological polar surface area (TPSA) is 55.4 Å². The van der Waals surface area contributed by atoms with Gasteiger partial charge in [0.1, 0.15) is 9.84 Å². The van der Waals surface area contributed by atoms with Crippen molar-refractivity contribution < 1.29 is 13.2 Å². The quantitative estimate of drug-likeness (QED) is 0.634. The summed E-state index contributed by atoms with van der Waals surface area (Å²) in [5.74, 6) is 0.820. The molecule has 1 N–H and O–H groups in total. The Labute approximate surface area is 128 Å². The van der Waals surface area contributed by atoms with Crippen LogP contribution in [0.5, 0.6) is 0 Å². The summed E-state index contributed by atoms with van der Waals surface area (Å²) in [5, 5.41) is 3.34. The molecule has 21 heavy (non-hydrogen) atoms. The summed E-state index contributed by atoms with van der Waals surface area (Å²) >= 11 is 0. The van der Waals surface area contributed by atoms with Gasteiger partial charge in [0.05, 0.1) is 12.4 Å². The fourth-order valence-electron chi connectivity index (χ4n) is 2.19. The number of methoxy groups -OCH3 is 1. The summed E-state index contributed by atoms with van der Waals surface area (Å²) in [6.45, 7) is 3.99. The van der Waals surface area contributed by atoms with E-state index in [4.69, 9.17) is 4.74 Å². The molecule has 0 radical (unpaired) electrons. The fourth-order valence-corrected chi connectivity index (χ4v) is 3.18. The van der Waals surface area contributed by atoms with E-state index in [1.807, 2.05) is 18.2 Å². The van der Waals surface area contributed by atoms with E-state index in [-0.39, 0.29) is 11.5 Å². The normalized spacial score (nSPS) is 13.2. The average Bonchev–Trinajstić information content (AvgIpc) is 2.50. The number of nitrogens with one attached hydrogen (secondary N) is 1. The Morgan fingerprint density at radius 1 is 1.24 bits per heavy atom. The maximum absolute atomic E-state index is 11.7. The smallest absolute Gasteiger partial charge is 0.150 e. The van der Waals surface area contributed by atoms with Crippen LogP contribution >= 0.6 is 0 Å². The van der Waals surface area contributed by atoms with E-state index in [2.05, 4.69) is 17.4 Å². The van der Waals surface area contributed by atoms with Crippen molar-refractivity contribution in [2.24, 2.45) is 5.92 Å². The Morgan fingerprint density at radius 2 is 1.95 bits per heavy atom. The van der Waals surface area contributed by atoms with Gasteiger partial charge in [0, 0.05) is 19.4 Å². The van der Waals surface area contributed by atoms with Crippen LogP contribution in [0.3, 0.4) is 0 Å². The summed E-state index contributed by atoms with van der Waals surface area (Å²) < 4.78 is 28.4. The van der Waals surface area contributed by atoms with Gasteiger partial charge in [0.25, 0.3) is 0 Å². The molecule has 5 heteroatoms. The van der Waals surface area contributed by atoms with E-state index in [1.165, 1.54) is 5.56 Å². The van der Waals surface area contributed by atoms with E-state index in [0.717, 1.165) is 19.5 Å². The van der Waals surface area contributed by atoms with Gasteiger partial charge in [-0.1, -0.05) is 37.3 Å². The van der Waals surface area contributed by atoms with Gasteiger partial charge in [0.15, 0.2) is 0 Å². The van der Waals surface area contributed by atoms with Gasteiger partial charge in [0.2, 0.25) is 0 Å². The van der Waals surface area contributed by atoms with Crippen LogP contribution < -0.4 is 5.32 Å². The fraction of sp³-hybridized carbons (Fsp3) is 0.625. The molecule has 0 fully saturated rings. The Morgan fingerprint density at radius 3 is 2.57 bits per heavy atom. The maximum atomic E-state index is 11.7. The van der Waals surface area contributed by atoms with Gasteiger partial charge < -0.3 is 10.1 Å². The molecule has 0 bridgehead atoms. The molecule has 0 saturated heterocycles. The molecule has 1 aromatic carbocycles. The summed E-state index contributed by atoms with van der Waals surface area (Å²) in [5.41, 5.74) is 1.25. The van der Waals surface area contributed by atoms with Crippen LogP contribution in [0, 0.1) is 5.92 Å². The van der Waals surface area contributed by atoms with E-state index in [1.54, 1.807) is 14.0 Å². The van der Waals surface area contributed by atoms with Gasteiger partial charge in [-0.2, -0.15) is 0 Å². The third kappa shape index (κ3) is 8.19. The predicted molar refractivity (Wildman–Crippen MR) is 87.3 cm³/mol. The first kappa shape index (κ1) is 18.1. The van der Waals surface area contributed by atoms with Crippen LogP contribution in [0.25, 0.3) is 0 Å². The SMILES string of the molecule is CCS(=O)(=O)CCC(CNCCOC)Cc1ccccc1. The summed E-state index contributed by atoms with van der Waals surface area (Å²) in [7, 11) is -1.22. The van der Waals surface area contributed by atoms with Crippen LogP contribution in [0.15, 0.2) is 30.3 Å². The lowest BCUT2D eigenvalue weighted by Crippen LogP contribution is -2.28. The monoisotopic (exact) mass is 313 g/mol. The molecule has 0 heterocycles. The highest BCUT2D eigenvalue weighted by molar-refractivity contribution is 7.91. The molecule has 0 aromatic heterocycles. The van der Waals surface area contributed by atoms with Crippen LogP contribution in [0.4, 0.5) is 0 Å². The van der Waals surface area contributed by atoms with Crippen molar-refractivity contribution in [3.05, 3.63) is 35.9 Å². The largest absolute Gasteiger partial charge is 0.383 e. The Hall–Kier alpha value is -0.910. The molecule has 0 amide bonds. The highest BCUT2D eigenvalue weighted by atomic mass is 32.2. The summed E-state index contributed by atoms with van der Waals surface area (Å²) in [4.78, 5) is 0. The molecule has 1 aromatic rings. The minimum atomic E-state index is -2.89. The van der Waals surface area contributed by atoms with Crippen molar-refractivity contribution in [2.45, 2.75) is 19.8 Å². The molecule has 1 unspecified atom stereocenters. The number of rotatable bonds is 11. The van der Waals surface area contributed by atoms with E-state index in [0.29, 0.717) is 18.9 Å².